The quantitative estimate of drug-likeness (QED) is 0.713. The number of hydrogen-bond donors (Lipinski definition) is 0. The van der Waals surface area contributed by atoms with Gasteiger partial charge < -0.3 is 4.79 Å². The molecular formula is C20H26O2. The van der Waals surface area contributed by atoms with Crippen LogP contribution in [0.15, 0.2) is 34.9 Å². The SMILES string of the molecule is CCC[C@]1(C=O)C=CC2=C3CCC(=O)C=C3CC[C@H]2[C@@H]1CC. The number of hydrogen-bond acceptors (Lipinski definition) is 2. The minimum Gasteiger partial charge on any atom is -0.302 e. The molecule has 22 heavy (non-hydrogen) atoms. The van der Waals surface area contributed by atoms with Gasteiger partial charge in [0.25, 0.3) is 0 Å². The largest absolute Gasteiger partial charge is 0.302 e. The Kier molecular flexibility index (Phi) is 4.20. The molecule has 0 aromatic heterocycles. The van der Waals surface area contributed by atoms with Gasteiger partial charge in [-0.05, 0) is 60.3 Å². The fourth-order valence-electron chi connectivity index (χ4n) is 4.94. The van der Waals surface area contributed by atoms with E-state index in [4.69, 9.17) is 0 Å². The summed E-state index contributed by atoms with van der Waals surface area (Å²) in [6, 6.07) is 0. The molecule has 0 N–H and O–H groups in total. The Labute approximate surface area is 133 Å². The van der Waals surface area contributed by atoms with Crippen molar-refractivity contribution in [2.45, 2.75) is 58.8 Å². The molecular weight excluding hydrogens is 272 g/mol. The third-order valence-electron chi connectivity index (χ3n) is 5.91. The molecule has 0 spiro atoms. The normalized spacial score (nSPS) is 34.1. The van der Waals surface area contributed by atoms with E-state index in [-0.39, 0.29) is 11.2 Å². The Morgan fingerprint density at radius 3 is 2.77 bits per heavy atom. The van der Waals surface area contributed by atoms with E-state index in [9.17, 15) is 9.59 Å². The van der Waals surface area contributed by atoms with Crippen LogP contribution in [0.25, 0.3) is 0 Å². The Morgan fingerprint density at radius 1 is 1.27 bits per heavy atom. The maximum absolute atomic E-state index is 11.9. The van der Waals surface area contributed by atoms with Crippen molar-refractivity contribution >= 4 is 12.1 Å². The van der Waals surface area contributed by atoms with Crippen molar-refractivity contribution in [2.75, 3.05) is 0 Å². The van der Waals surface area contributed by atoms with Gasteiger partial charge in [0.05, 0.1) is 0 Å². The molecule has 3 rings (SSSR count). The zero-order valence-electron chi connectivity index (χ0n) is 13.7. The highest BCUT2D eigenvalue weighted by atomic mass is 16.1. The van der Waals surface area contributed by atoms with Crippen molar-refractivity contribution in [1.82, 2.24) is 0 Å². The first-order valence-electron chi connectivity index (χ1n) is 8.77. The number of ketones is 1. The van der Waals surface area contributed by atoms with E-state index in [0.717, 1.165) is 38.5 Å². The number of allylic oxidation sites excluding steroid dienone is 6. The Morgan fingerprint density at radius 2 is 2.09 bits per heavy atom. The molecule has 0 amide bonds. The van der Waals surface area contributed by atoms with Crippen molar-refractivity contribution in [3.05, 3.63) is 34.9 Å². The van der Waals surface area contributed by atoms with Gasteiger partial charge >= 0.3 is 0 Å². The number of rotatable bonds is 4. The fraction of sp³-hybridized carbons (Fsp3) is 0.600. The zero-order valence-corrected chi connectivity index (χ0v) is 13.7. The molecule has 0 saturated heterocycles. The Bertz CT molecular complexity index is 579. The summed E-state index contributed by atoms with van der Waals surface area (Å²) in [5.74, 6) is 1.18. The lowest BCUT2D eigenvalue weighted by atomic mass is 9.57. The van der Waals surface area contributed by atoms with Crippen LogP contribution < -0.4 is 0 Å². The predicted octanol–water partition coefficient (Wildman–Crippen LogP) is 4.56. The zero-order chi connectivity index (χ0) is 15.7. The highest BCUT2D eigenvalue weighted by molar-refractivity contribution is 5.93. The predicted molar refractivity (Wildman–Crippen MR) is 88.4 cm³/mol. The average Bonchev–Trinajstić information content (AvgIpc) is 2.54. The number of aldehydes is 1. The smallest absolute Gasteiger partial charge is 0.156 e. The van der Waals surface area contributed by atoms with E-state index in [2.05, 4.69) is 26.0 Å². The number of fused-ring (bicyclic) bond motifs is 2. The van der Waals surface area contributed by atoms with Gasteiger partial charge in [0.2, 0.25) is 0 Å². The molecule has 2 nitrogen and oxygen atoms in total. The van der Waals surface area contributed by atoms with E-state index in [1.807, 2.05) is 6.08 Å². The van der Waals surface area contributed by atoms with Crippen LogP contribution in [0, 0.1) is 17.3 Å². The number of carbonyl (C=O) groups is 2. The lowest BCUT2D eigenvalue weighted by Gasteiger charge is -2.46. The first-order valence-corrected chi connectivity index (χ1v) is 8.77. The molecule has 3 aliphatic rings. The first kappa shape index (κ1) is 15.5. The maximum atomic E-state index is 11.9. The monoisotopic (exact) mass is 298 g/mol. The fourth-order valence-corrected chi connectivity index (χ4v) is 4.94. The van der Waals surface area contributed by atoms with Crippen LogP contribution in [-0.2, 0) is 9.59 Å². The molecule has 0 fully saturated rings. The van der Waals surface area contributed by atoms with E-state index in [1.165, 1.54) is 23.0 Å². The summed E-state index contributed by atoms with van der Waals surface area (Å²) >= 11 is 0. The first-order chi connectivity index (χ1) is 10.6. The molecule has 0 aromatic carbocycles. The second-order valence-electron chi connectivity index (χ2n) is 7.04. The third kappa shape index (κ3) is 2.33. The van der Waals surface area contributed by atoms with Crippen molar-refractivity contribution < 1.29 is 9.59 Å². The van der Waals surface area contributed by atoms with Crippen molar-refractivity contribution in [3.63, 3.8) is 0 Å². The summed E-state index contributed by atoms with van der Waals surface area (Å²) in [6.07, 6.45) is 14.1. The molecule has 0 bridgehead atoms. The number of carbonyl (C=O) groups excluding carboxylic acids is 2. The second kappa shape index (κ2) is 5.98. The van der Waals surface area contributed by atoms with Crippen molar-refractivity contribution in [2.24, 2.45) is 17.3 Å². The van der Waals surface area contributed by atoms with E-state index >= 15 is 0 Å². The van der Waals surface area contributed by atoms with Crippen LogP contribution >= 0.6 is 0 Å². The highest BCUT2D eigenvalue weighted by Crippen LogP contribution is 2.52. The van der Waals surface area contributed by atoms with Crippen LogP contribution in [-0.4, -0.2) is 12.1 Å². The molecule has 3 atom stereocenters. The standard InChI is InChI=1S/C20H26O2/c1-3-10-20(13-21)11-9-17-16-8-6-15(22)12-14(16)5-7-18(17)19(20)4-2/h9,11-13,18-19H,3-8,10H2,1-2H3/t18-,19+,20-/m1/s1. The summed E-state index contributed by atoms with van der Waals surface area (Å²) in [6.45, 7) is 4.38. The molecule has 0 aromatic rings. The van der Waals surface area contributed by atoms with E-state index in [0.29, 0.717) is 18.3 Å². The van der Waals surface area contributed by atoms with Crippen LogP contribution in [0.3, 0.4) is 0 Å². The van der Waals surface area contributed by atoms with Crippen LogP contribution in [0.2, 0.25) is 0 Å². The molecule has 3 aliphatic carbocycles. The van der Waals surface area contributed by atoms with Crippen molar-refractivity contribution in [3.8, 4) is 0 Å². The highest BCUT2D eigenvalue weighted by Gasteiger charge is 2.45. The van der Waals surface area contributed by atoms with Gasteiger partial charge in [-0.15, -0.1) is 0 Å². The van der Waals surface area contributed by atoms with Crippen LogP contribution in [0.4, 0.5) is 0 Å². The molecule has 118 valence electrons. The average molecular weight is 298 g/mol. The van der Waals surface area contributed by atoms with Crippen LogP contribution in [0.1, 0.15) is 58.8 Å². The molecule has 0 saturated carbocycles. The van der Waals surface area contributed by atoms with Crippen LogP contribution in [0.5, 0.6) is 0 Å². The molecule has 2 heteroatoms. The summed E-state index contributed by atoms with van der Waals surface area (Å²) in [7, 11) is 0. The topological polar surface area (TPSA) is 34.1 Å². The maximum Gasteiger partial charge on any atom is 0.156 e. The van der Waals surface area contributed by atoms with Gasteiger partial charge in [0.15, 0.2) is 5.78 Å². The van der Waals surface area contributed by atoms with Gasteiger partial charge in [-0.1, -0.05) is 38.8 Å². The molecule has 0 unspecified atom stereocenters. The Hall–Kier alpha value is -1.44. The van der Waals surface area contributed by atoms with E-state index < -0.39 is 0 Å². The minimum absolute atomic E-state index is 0.274. The van der Waals surface area contributed by atoms with E-state index in [1.54, 1.807) is 0 Å². The minimum atomic E-state index is -0.274. The lowest BCUT2D eigenvalue weighted by molar-refractivity contribution is -0.118. The second-order valence-corrected chi connectivity index (χ2v) is 7.04. The van der Waals surface area contributed by atoms with Gasteiger partial charge in [-0.2, -0.15) is 0 Å². The van der Waals surface area contributed by atoms with Gasteiger partial charge in [0.1, 0.15) is 6.29 Å². The van der Waals surface area contributed by atoms with Gasteiger partial charge in [-0.25, -0.2) is 0 Å². The van der Waals surface area contributed by atoms with Crippen molar-refractivity contribution in [1.29, 1.82) is 0 Å². The third-order valence-corrected chi connectivity index (χ3v) is 5.91. The Balaban J connectivity index is 2.08. The van der Waals surface area contributed by atoms with Gasteiger partial charge in [-0.3, -0.25) is 4.79 Å². The molecule has 0 radical (unpaired) electrons. The summed E-state index contributed by atoms with van der Waals surface area (Å²) in [4.78, 5) is 23.6. The lowest BCUT2D eigenvalue weighted by Crippen LogP contribution is -2.40. The summed E-state index contributed by atoms with van der Waals surface area (Å²) in [5, 5.41) is 0. The summed E-state index contributed by atoms with van der Waals surface area (Å²) < 4.78 is 0. The molecule has 0 heterocycles. The summed E-state index contributed by atoms with van der Waals surface area (Å²) in [5.41, 5.74) is 3.81. The van der Waals surface area contributed by atoms with Gasteiger partial charge in [0, 0.05) is 11.8 Å². The molecule has 0 aliphatic heterocycles.